The second-order valence-corrected chi connectivity index (χ2v) is 6.26. The standard InChI is InChI=1S/C14H14N4O2S/c1-18-14-4-2-3-13(12(14)9-16-18)17-10-5-7-11(8-6-10)21(15,19)20/h2-9,17H,1H3,(H2,15,19,20). The maximum absolute atomic E-state index is 11.2. The maximum Gasteiger partial charge on any atom is 0.238 e. The third-order valence-corrected chi connectivity index (χ3v) is 4.18. The van der Waals surface area contributed by atoms with Crippen molar-refractivity contribution in [2.75, 3.05) is 5.32 Å². The van der Waals surface area contributed by atoms with Gasteiger partial charge in [-0.3, -0.25) is 4.68 Å². The van der Waals surface area contributed by atoms with Crippen LogP contribution in [0.4, 0.5) is 11.4 Å². The molecule has 21 heavy (non-hydrogen) atoms. The number of nitrogens with two attached hydrogens (primary N) is 1. The second-order valence-electron chi connectivity index (χ2n) is 4.70. The molecule has 0 radical (unpaired) electrons. The van der Waals surface area contributed by atoms with Gasteiger partial charge >= 0.3 is 0 Å². The van der Waals surface area contributed by atoms with E-state index in [1.165, 1.54) is 12.1 Å². The molecule has 1 aromatic heterocycles. The molecule has 0 aliphatic rings. The Bertz CT molecular complexity index is 898. The van der Waals surface area contributed by atoms with Gasteiger partial charge in [-0.25, -0.2) is 13.6 Å². The Hall–Kier alpha value is -2.38. The van der Waals surface area contributed by atoms with Gasteiger partial charge in [0.05, 0.1) is 16.6 Å². The van der Waals surface area contributed by atoms with Crippen LogP contribution >= 0.6 is 0 Å². The van der Waals surface area contributed by atoms with E-state index >= 15 is 0 Å². The molecule has 2 aromatic carbocycles. The van der Waals surface area contributed by atoms with Crippen LogP contribution < -0.4 is 10.5 Å². The number of hydrogen-bond acceptors (Lipinski definition) is 4. The Morgan fingerprint density at radius 3 is 2.52 bits per heavy atom. The van der Waals surface area contributed by atoms with Crippen LogP contribution in [0.5, 0.6) is 0 Å². The molecule has 0 bridgehead atoms. The van der Waals surface area contributed by atoms with E-state index in [4.69, 9.17) is 5.14 Å². The number of rotatable bonds is 3. The van der Waals surface area contributed by atoms with Crippen LogP contribution in [0, 0.1) is 0 Å². The number of hydrogen-bond donors (Lipinski definition) is 2. The van der Waals surface area contributed by atoms with Crippen LogP contribution in [0.3, 0.4) is 0 Å². The molecule has 0 unspecified atom stereocenters. The Balaban J connectivity index is 1.95. The summed E-state index contributed by atoms with van der Waals surface area (Å²) in [5.74, 6) is 0. The number of nitrogens with zero attached hydrogens (tertiary/aromatic N) is 2. The largest absolute Gasteiger partial charge is 0.355 e. The van der Waals surface area contributed by atoms with E-state index in [2.05, 4.69) is 10.4 Å². The van der Waals surface area contributed by atoms with Gasteiger partial charge in [-0.1, -0.05) is 6.07 Å². The topological polar surface area (TPSA) is 90.0 Å². The van der Waals surface area contributed by atoms with Crippen molar-refractivity contribution in [3.63, 3.8) is 0 Å². The fourth-order valence-corrected chi connectivity index (χ4v) is 2.69. The molecule has 0 spiro atoms. The molecule has 0 aliphatic carbocycles. The summed E-state index contributed by atoms with van der Waals surface area (Å²) >= 11 is 0. The molecular weight excluding hydrogens is 288 g/mol. The molecule has 3 rings (SSSR count). The normalized spacial score (nSPS) is 11.7. The van der Waals surface area contributed by atoms with E-state index < -0.39 is 10.0 Å². The first-order valence-corrected chi connectivity index (χ1v) is 7.80. The summed E-state index contributed by atoms with van der Waals surface area (Å²) in [6.45, 7) is 0. The van der Waals surface area contributed by atoms with Crippen molar-refractivity contribution in [2.24, 2.45) is 12.2 Å². The molecule has 6 nitrogen and oxygen atoms in total. The maximum atomic E-state index is 11.2. The van der Waals surface area contributed by atoms with Crippen LogP contribution in [0.1, 0.15) is 0 Å². The predicted octanol–water partition coefficient (Wildman–Crippen LogP) is 1.96. The molecule has 0 aliphatic heterocycles. The van der Waals surface area contributed by atoms with Gasteiger partial charge in [0.1, 0.15) is 0 Å². The number of aryl methyl sites for hydroxylation is 1. The molecule has 3 aromatic rings. The van der Waals surface area contributed by atoms with Crippen molar-refractivity contribution in [1.82, 2.24) is 9.78 Å². The third kappa shape index (κ3) is 2.61. The zero-order valence-electron chi connectivity index (χ0n) is 11.3. The highest BCUT2D eigenvalue weighted by atomic mass is 32.2. The predicted molar refractivity (Wildman–Crippen MR) is 81.8 cm³/mol. The van der Waals surface area contributed by atoms with Gasteiger partial charge in [-0.05, 0) is 36.4 Å². The lowest BCUT2D eigenvalue weighted by Crippen LogP contribution is -2.11. The molecule has 7 heteroatoms. The van der Waals surface area contributed by atoms with E-state index in [-0.39, 0.29) is 4.90 Å². The van der Waals surface area contributed by atoms with Gasteiger partial charge in [0, 0.05) is 23.8 Å². The highest BCUT2D eigenvalue weighted by molar-refractivity contribution is 7.89. The van der Waals surface area contributed by atoms with Gasteiger partial charge in [0.15, 0.2) is 0 Å². The summed E-state index contributed by atoms with van der Waals surface area (Å²) in [6, 6.07) is 12.2. The number of anilines is 2. The van der Waals surface area contributed by atoms with Crippen LogP contribution in [0.25, 0.3) is 10.9 Å². The molecule has 3 N–H and O–H groups in total. The van der Waals surface area contributed by atoms with Crippen molar-refractivity contribution in [1.29, 1.82) is 0 Å². The van der Waals surface area contributed by atoms with Crippen LogP contribution in [-0.4, -0.2) is 18.2 Å². The quantitative estimate of drug-likeness (QED) is 0.774. The lowest BCUT2D eigenvalue weighted by Gasteiger charge is -2.08. The summed E-state index contributed by atoms with van der Waals surface area (Å²) in [5, 5.41) is 13.5. The molecule has 0 atom stereocenters. The Morgan fingerprint density at radius 1 is 1.14 bits per heavy atom. The number of nitrogens with one attached hydrogen (secondary N) is 1. The van der Waals surface area contributed by atoms with Crippen molar-refractivity contribution in [3.8, 4) is 0 Å². The van der Waals surface area contributed by atoms with Crippen molar-refractivity contribution in [3.05, 3.63) is 48.7 Å². The number of sulfonamides is 1. The van der Waals surface area contributed by atoms with Crippen molar-refractivity contribution in [2.45, 2.75) is 4.90 Å². The minimum Gasteiger partial charge on any atom is -0.355 e. The third-order valence-electron chi connectivity index (χ3n) is 3.25. The van der Waals surface area contributed by atoms with Gasteiger partial charge < -0.3 is 5.32 Å². The van der Waals surface area contributed by atoms with E-state index in [9.17, 15) is 8.42 Å². The van der Waals surface area contributed by atoms with Crippen LogP contribution in [-0.2, 0) is 17.1 Å². The first-order chi connectivity index (χ1) is 9.95. The molecule has 108 valence electrons. The monoisotopic (exact) mass is 302 g/mol. The van der Waals surface area contributed by atoms with E-state index in [0.717, 1.165) is 22.3 Å². The summed E-state index contributed by atoms with van der Waals surface area (Å²) < 4.78 is 24.2. The Kier molecular flexibility index (Phi) is 3.15. The lowest BCUT2D eigenvalue weighted by molar-refractivity contribution is 0.598. The second kappa shape index (κ2) is 4.87. The smallest absolute Gasteiger partial charge is 0.238 e. The highest BCUT2D eigenvalue weighted by Crippen LogP contribution is 2.26. The zero-order valence-corrected chi connectivity index (χ0v) is 12.1. The first-order valence-electron chi connectivity index (χ1n) is 6.26. The molecule has 0 saturated carbocycles. The van der Waals surface area contributed by atoms with Crippen molar-refractivity contribution >= 4 is 32.3 Å². The van der Waals surface area contributed by atoms with Crippen LogP contribution in [0.2, 0.25) is 0 Å². The number of primary sulfonamides is 1. The van der Waals surface area contributed by atoms with E-state index in [1.807, 2.05) is 25.2 Å². The van der Waals surface area contributed by atoms with Gasteiger partial charge in [-0.15, -0.1) is 0 Å². The Morgan fingerprint density at radius 2 is 1.86 bits per heavy atom. The van der Waals surface area contributed by atoms with Gasteiger partial charge in [0.25, 0.3) is 0 Å². The summed E-state index contributed by atoms with van der Waals surface area (Å²) in [7, 11) is -1.78. The van der Waals surface area contributed by atoms with Crippen molar-refractivity contribution < 1.29 is 8.42 Å². The number of fused-ring (bicyclic) bond motifs is 1. The minimum absolute atomic E-state index is 0.0904. The zero-order chi connectivity index (χ0) is 15.0. The number of benzene rings is 2. The number of aromatic nitrogens is 2. The van der Waals surface area contributed by atoms with E-state index in [0.29, 0.717) is 0 Å². The highest BCUT2D eigenvalue weighted by Gasteiger charge is 2.08. The van der Waals surface area contributed by atoms with Gasteiger partial charge in [-0.2, -0.15) is 5.10 Å². The summed E-state index contributed by atoms with van der Waals surface area (Å²) in [6.07, 6.45) is 1.79. The fraction of sp³-hybridized carbons (Fsp3) is 0.0714. The van der Waals surface area contributed by atoms with E-state index in [1.54, 1.807) is 23.0 Å². The summed E-state index contributed by atoms with van der Waals surface area (Å²) in [5.41, 5.74) is 2.70. The minimum atomic E-state index is -3.66. The molecule has 0 saturated heterocycles. The average Bonchev–Trinajstić information content (AvgIpc) is 2.82. The molecule has 0 amide bonds. The lowest BCUT2D eigenvalue weighted by atomic mass is 10.2. The van der Waals surface area contributed by atoms with Gasteiger partial charge in [0.2, 0.25) is 10.0 Å². The summed E-state index contributed by atoms with van der Waals surface area (Å²) in [4.78, 5) is 0.0904. The Labute approximate surface area is 122 Å². The molecular formula is C14H14N4O2S. The van der Waals surface area contributed by atoms with Crippen LogP contribution in [0.15, 0.2) is 53.6 Å². The SMILES string of the molecule is Cn1ncc2c(Nc3ccc(S(N)(=O)=O)cc3)cccc21. The average molecular weight is 302 g/mol. The fourth-order valence-electron chi connectivity index (χ4n) is 2.17. The molecule has 1 heterocycles. The first kappa shape index (κ1) is 13.6. The molecule has 0 fully saturated rings.